The molecule has 4 nitrogen and oxygen atoms in total. The van der Waals surface area contributed by atoms with Gasteiger partial charge in [0, 0.05) is 6.54 Å². The van der Waals surface area contributed by atoms with E-state index in [9.17, 15) is 9.59 Å². The van der Waals surface area contributed by atoms with Gasteiger partial charge >= 0.3 is 0 Å². The quantitative estimate of drug-likeness (QED) is 0.798. The van der Waals surface area contributed by atoms with E-state index in [0.717, 1.165) is 23.1 Å². The normalized spacial score (nSPS) is 17.5. The van der Waals surface area contributed by atoms with Crippen molar-refractivity contribution in [2.24, 2.45) is 0 Å². The monoisotopic (exact) mass is 289 g/mol. The zero-order valence-electron chi connectivity index (χ0n) is 11.3. The maximum Gasteiger partial charge on any atom is 0.293 e. The number of imide groups is 1. The third-order valence-electron chi connectivity index (χ3n) is 2.84. The molecule has 0 bridgehead atoms. The Labute approximate surface area is 122 Å². The third kappa shape index (κ3) is 3.11. The van der Waals surface area contributed by atoms with E-state index in [2.05, 4.69) is 0 Å². The van der Waals surface area contributed by atoms with Gasteiger partial charge in [0.1, 0.15) is 5.75 Å². The minimum Gasteiger partial charge on any atom is -0.497 e. The van der Waals surface area contributed by atoms with E-state index in [1.165, 1.54) is 4.90 Å². The average molecular weight is 289 g/mol. The fourth-order valence-corrected chi connectivity index (χ4v) is 2.60. The highest BCUT2D eigenvalue weighted by Gasteiger charge is 2.33. The van der Waals surface area contributed by atoms with Gasteiger partial charge in [-0.3, -0.25) is 14.5 Å². The van der Waals surface area contributed by atoms with Crippen LogP contribution in [0.1, 0.15) is 12.5 Å². The van der Waals surface area contributed by atoms with Gasteiger partial charge in [-0.1, -0.05) is 24.3 Å². The summed E-state index contributed by atoms with van der Waals surface area (Å²) < 4.78 is 5.08. The number of likely N-dealkylation sites (N-methyl/N-ethyl adjacent to an activating group) is 1. The third-order valence-corrected chi connectivity index (χ3v) is 3.77. The minimum absolute atomic E-state index is 0.207. The molecule has 2 amide bonds. The van der Waals surface area contributed by atoms with Crippen molar-refractivity contribution in [1.29, 1.82) is 0 Å². The van der Waals surface area contributed by atoms with E-state index in [1.807, 2.05) is 30.3 Å². The van der Waals surface area contributed by atoms with E-state index < -0.39 is 0 Å². The molecular weight excluding hydrogens is 274 g/mol. The van der Waals surface area contributed by atoms with Crippen LogP contribution in [0.4, 0.5) is 4.79 Å². The molecule has 0 aromatic heterocycles. The Morgan fingerprint density at radius 2 is 1.95 bits per heavy atom. The summed E-state index contributed by atoms with van der Waals surface area (Å²) in [6.45, 7) is 2.19. The lowest BCUT2D eigenvalue weighted by atomic mass is 10.2. The van der Waals surface area contributed by atoms with Gasteiger partial charge in [0.15, 0.2) is 0 Å². The Bertz CT molecular complexity index is 575. The summed E-state index contributed by atoms with van der Waals surface area (Å²) in [6.07, 6.45) is 5.32. The van der Waals surface area contributed by atoms with Crippen LogP contribution in [0.2, 0.25) is 0 Å². The Hall–Kier alpha value is -2.01. The molecule has 0 spiro atoms. The molecule has 0 unspecified atom stereocenters. The number of hydrogen-bond donors (Lipinski definition) is 0. The second kappa shape index (κ2) is 6.43. The lowest BCUT2D eigenvalue weighted by Crippen LogP contribution is -2.27. The van der Waals surface area contributed by atoms with Crippen LogP contribution in [-0.4, -0.2) is 29.7 Å². The van der Waals surface area contributed by atoms with Crippen LogP contribution in [0.25, 0.3) is 6.08 Å². The van der Waals surface area contributed by atoms with Crippen molar-refractivity contribution >= 4 is 29.0 Å². The standard InChI is InChI=1S/C15H15NO3S/c1-3-16-14(17)13(20-15(16)18)6-4-5-11-7-9-12(19-2)10-8-11/h4-10H,3H2,1-2H3. The van der Waals surface area contributed by atoms with E-state index in [0.29, 0.717) is 11.4 Å². The maximum atomic E-state index is 11.8. The minimum atomic E-state index is -0.220. The zero-order valence-corrected chi connectivity index (χ0v) is 12.1. The van der Waals surface area contributed by atoms with Crippen LogP contribution >= 0.6 is 11.8 Å². The zero-order chi connectivity index (χ0) is 14.5. The second-order valence-corrected chi connectivity index (χ2v) is 5.07. The molecule has 1 heterocycles. The summed E-state index contributed by atoms with van der Waals surface area (Å²) in [6, 6.07) is 7.57. The van der Waals surface area contributed by atoms with E-state index in [-0.39, 0.29) is 11.1 Å². The first-order chi connectivity index (χ1) is 9.65. The molecule has 1 aliphatic heterocycles. The van der Waals surface area contributed by atoms with Gasteiger partial charge < -0.3 is 4.74 Å². The highest BCUT2D eigenvalue weighted by Crippen LogP contribution is 2.30. The van der Waals surface area contributed by atoms with Gasteiger partial charge in [0.25, 0.3) is 11.1 Å². The molecule has 1 aromatic carbocycles. The summed E-state index contributed by atoms with van der Waals surface area (Å²) in [5.74, 6) is 0.577. The van der Waals surface area contributed by atoms with Gasteiger partial charge in [-0.2, -0.15) is 0 Å². The van der Waals surface area contributed by atoms with Crippen molar-refractivity contribution in [3.05, 3.63) is 46.9 Å². The van der Waals surface area contributed by atoms with Crippen LogP contribution in [0.3, 0.4) is 0 Å². The Morgan fingerprint density at radius 3 is 2.50 bits per heavy atom. The predicted octanol–water partition coefficient (Wildman–Crippen LogP) is 3.31. The number of nitrogens with zero attached hydrogens (tertiary/aromatic N) is 1. The van der Waals surface area contributed by atoms with Gasteiger partial charge in [-0.25, -0.2) is 0 Å². The molecule has 1 aromatic rings. The summed E-state index contributed by atoms with van der Waals surface area (Å²) in [4.78, 5) is 25.1. The number of methoxy groups -OCH3 is 1. The first-order valence-electron chi connectivity index (χ1n) is 6.21. The topological polar surface area (TPSA) is 46.6 Å². The smallest absolute Gasteiger partial charge is 0.293 e. The number of allylic oxidation sites excluding steroid dienone is 2. The number of rotatable bonds is 4. The number of amides is 2. The number of thioether (sulfide) groups is 1. The number of carbonyl (C=O) groups is 2. The van der Waals surface area contributed by atoms with Crippen LogP contribution in [0, 0.1) is 0 Å². The van der Waals surface area contributed by atoms with Crippen molar-refractivity contribution in [3.8, 4) is 5.75 Å². The molecule has 5 heteroatoms. The number of ether oxygens (including phenoxy) is 1. The maximum absolute atomic E-state index is 11.8. The van der Waals surface area contributed by atoms with Crippen molar-refractivity contribution < 1.29 is 14.3 Å². The lowest BCUT2D eigenvalue weighted by Gasteiger charge is -2.06. The SMILES string of the molecule is CCN1C(=O)SC(=CC=Cc2ccc(OC)cc2)C1=O. The molecule has 1 aliphatic rings. The van der Waals surface area contributed by atoms with Gasteiger partial charge in [-0.05, 0) is 42.5 Å². The first kappa shape index (κ1) is 14.4. The summed E-state index contributed by atoms with van der Waals surface area (Å²) in [5, 5.41) is -0.207. The largest absolute Gasteiger partial charge is 0.497 e. The molecule has 104 valence electrons. The Balaban J connectivity index is 2.07. The Kier molecular flexibility index (Phi) is 4.63. The number of benzene rings is 1. The van der Waals surface area contributed by atoms with E-state index in [4.69, 9.17) is 4.74 Å². The fourth-order valence-electron chi connectivity index (χ4n) is 1.75. The van der Waals surface area contributed by atoms with Gasteiger partial charge in [-0.15, -0.1) is 0 Å². The van der Waals surface area contributed by atoms with Gasteiger partial charge in [0.2, 0.25) is 0 Å². The van der Waals surface area contributed by atoms with Crippen LogP contribution in [-0.2, 0) is 4.79 Å². The molecule has 1 saturated heterocycles. The highest BCUT2D eigenvalue weighted by atomic mass is 32.2. The van der Waals surface area contributed by atoms with Crippen molar-refractivity contribution in [3.63, 3.8) is 0 Å². The van der Waals surface area contributed by atoms with Crippen LogP contribution in [0.15, 0.2) is 41.3 Å². The number of carbonyl (C=O) groups excluding carboxylic acids is 2. The number of hydrogen-bond acceptors (Lipinski definition) is 4. The van der Waals surface area contributed by atoms with Crippen molar-refractivity contribution in [2.75, 3.05) is 13.7 Å². The second-order valence-electron chi connectivity index (χ2n) is 4.08. The van der Waals surface area contributed by atoms with Crippen LogP contribution in [0.5, 0.6) is 5.75 Å². The molecule has 20 heavy (non-hydrogen) atoms. The predicted molar refractivity (Wildman–Crippen MR) is 80.5 cm³/mol. The summed E-state index contributed by atoms with van der Waals surface area (Å²) >= 11 is 0.975. The van der Waals surface area contributed by atoms with Crippen LogP contribution < -0.4 is 4.74 Å². The molecule has 1 fully saturated rings. The fraction of sp³-hybridized carbons (Fsp3) is 0.200. The highest BCUT2D eigenvalue weighted by molar-refractivity contribution is 8.18. The average Bonchev–Trinajstić information content (AvgIpc) is 2.74. The summed E-state index contributed by atoms with van der Waals surface area (Å²) in [7, 11) is 1.62. The molecule has 2 rings (SSSR count). The summed E-state index contributed by atoms with van der Waals surface area (Å²) in [5.41, 5.74) is 0.997. The molecule has 0 N–H and O–H groups in total. The lowest BCUT2D eigenvalue weighted by molar-refractivity contribution is -0.122. The Morgan fingerprint density at radius 1 is 1.25 bits per heavy atom. The molecule has 0 aliphatic carbocycles. The van der Waals surface area contributed by atoms with Crippen molar-refractivity contribution in [1.82, 2.24) is 4.90 Å². The van der Waals surface area contributed by atoms with Gasteiger partial charge in [0.05, 0.1) is 12.0 Å². The molecule has 0 atom stereocenters. The molecular formula is C15H15NO3S. The van der Waals surface area contributed by atoms with E-state index >= 15 is 0 Å². The molecule has 0 saturated carbocycles. The molecule has 0 radical (unpaired) electrons. The van der Waals surface area contributed by atoms with E-state index in [1.54, 1.807) is 26.2 Å². The first-order valence-corrected chi connectivity index (χ1v) is 7.03. The van der Waals surface area contributed by atoms with Crippen molar-refractivity contribution in [2.45, 2.75) is 6.92 Å².